The lowest BCUT2D eigenvalue weighted by Crippen LogP contribution is -2.53. The number of aliphatic imine (C=N–C) groups is 1. The van der Waals surface area contributed by atoms with E-state index in [-0.39, 0.29) is 5.91 Å². The lowest BCUT2D eigenvalue weighted by Gasteiger charge is -2.42. The van der Waals surface area contributed by atoms with Gasteiger partial charge in [-0.1, -0.05) is 6.42 Å². The summed E-state index contributed by atoms with van der Waals surface area (Å²) in [5, 5.41) is 0. The first-order chi connectivity index (χ1) is 15.9. The van der Waals surface area contributed by atoms with Crippen molar-refractivity contribution in [3.05, 3.63) is 53.6 Å². The molecule has 0 aromatic heterocycles. The number of nitrogens with two attached hydrogens (primary N) is 1. The van der Waals surface area contributed by atoms with Crippen LogP contribution >= 0.6 is 0 Å². The zero-order chi connectivity index (χ0) is 23.6. The molecule has 1 heterocycles. The van der Waals surface area contributed by atoms with Crippen molar-refractivity contribution in [3.63, 3.8) is 0 Å². The smallest absolute Gasteiger partial charge is 0.275 e. The highest BCUT2D eigenvalue weighted by Crippen LogP contribution is 2.45. The first-order valence-corrected chi connectivity index (χ1v) is 11.0. The van der Waals surface area contributed by atoms with Gasteiger partial charge in [-0.25, -0.2) is 0 Å². The van der Waals surface area contributed by atoms with E-state index < -0.39 is 17.6 Å². The molecule has 2 aromatic carbocycles. The third kappa shape index (κ3) is 4.13. The summed E-state index contributed by atoms with van der Waals surface area (Å²) in [6.45, 7) is 0. The Hall–Kier alpha value is -3.55. The molecule has 8 heteroatoms. The Labute approximate surface area is 193 Å². The molecule has 1 aliphatic heterocycles. The molecule has 1 spiro atoms. The molecule has 8 nitrogen and oxygen atoms in total. The number of ether oxygens (including phenoxy) is 3. The van der Waals surface area contributed by atoms with E-state index in [0.717, 1.165) is 19.3 Å². The number of methoxy groups -OCH3 is 3. The SMILES string of the molecule is COc1ccc(C2=NC3(CCCCC3)N(C(C(N)=O)c3cc(OC)cc(OC)c3)C2=O)cc1. The number of amides is 2. The van der Waals surface area contributed by atoms with Crippen molar-refractivity contribution in [1.29, 1.82) is 0 Å². The van der Waals surface area contributed by atoms with E-state index in [4.69, 9.17) is 24.9 Å². The number of hydrogen-bond acceptors (Lipinski definition) is 6. The molecule has 0 bridgehead atoms. The minimum Gasteiger partial charge on any atom is -0.497 e. The average Bonchev–Trinajstić information content (AvgIpc) is 3.10. The molecule has 2 N–H and O–H groups in total. The maximum absolute atomic E-state index is 13.9. The van der Waals surface area contributed by atoms with Crippen molar-refractivity contribution in [2.24, 2.45) is 10.7 Å². The molecule has 2 amide bonds. The second-order valence-corrected chi connectivity index (χ2v) is 8.36. The second kappa shape index (κ2) is 9.13. The molecular formula is C25H29N3O5. The Morgan fingerprint density at radius 3 is 2.03 bits per heavy atom. The molecule has 174 valence electrons. The topological polar surface area (TPSA) is 103 Å². The van der Waals surface area contributed by atoms with Gasteiger partial charge in [-0.15, -0.1) is 0 Å². The van der Waals surface area contributed by atoms with E-state index in [1.807, 2.05) is 12.1 Å². The van der Waals surface area contributed by atoms with Crippen LogP contribution in [-0.4, -0.2) is 49.4 Å². The van der Waals surface area contributed by atoms with Crippen LogP contribution in [0.3, 0.4) is 0 Å². The molecule has 2 aliphatic rings. The van der Waals surface area contributed by atoms with E-state index in [1.165, 1.54) is 14.2 Å². The quantitative estimate of drug-likeness (QED) is 0.696. The fourth-order valence-corrected chi connectivity index (χ4v) is 4.81. The van der Waals surface area contributed by atoms with Gasteiger partial charge in [0, 0.05) is 11.6 Å². The Morgan fingerprint density at radius 2 is 1.52 bits per heavy atom. The highest BCUT2D eigenvalue weighted by molar-refractivity contribution is 6.47. The molecule has 1 saturated carbocycles. The minimum atomic E-state index is -1.01. The summed E-state index contributed by atoms with van der Waals surface area (Å²) in [7, 11) is 4.66. The number of benzene rings is 2. The number of rotatable bonds is 7. The normalized spacial score (nSPS) is 18.1. The van der Waals surface area contributed by atoms with Crippen LogP contribution in [0.1, 0.15) is 49.3 Å². The first kappa shape index (κ1) is 22.6. The van der Waals surface area contributed by atoms with Gasteiger partial charge >= 0.3 is 0 Å². The highest BCUT2D eigenvalue weighted by atomic mass is 16.5. The number of primary amides is 1. The summed E-state index contributed by atoms with van der Waals surface area (Å²) in [4.78, 5) is 33.3. The number of nitrogens with zero attached hydrogens (tertiary/aromatic N) is 2. The van der Waals surface area contributed by atoms with Crippen LogP contribution in [-0.2, 0) is 9.59 Å². The lowest BCUT2D eigenvalue weighted by molar-refractivity contribution is -0.141. The maximum Gasteiger partial charge on any atom is 0.275 e. The standard InChI is InChI=1S/C25H29N3O5/c1-31-18-9-7-16(8-10-18)21-24(30)28(25(27-21)11-5-4-6-12-25)22(23(26)29)17-13-19(32-2)15-20(14-17)33-3/h7-10,13-15,22H,4-6,11-12H2,1-3H3,(H2,26,29). The maximum atomic E-state index is 13.9. The highest BCUT2D eigenvalue weighted by Gasteiger charge is 2.52. The lowest BCUT2D eigenvalue weighted by atomic mass is 9.86. The first-order valence-electron chi connectivity index (χ1n) is 11.0. The van der Waals surface area contributed by atoms with Crippen molar-refractivity contribution >= 4 is 17.5 Å². The van der Waals surface area contributed by atoms with Gasteiger partial charge in [0.05, 0.1) is 21.3 Å². The fourth-order valence-electron chi connectivity index (χ4n) is 4.81. The number of carbonyl (C=O) groups is 2. The Morgan fingerprint density at radius 1 is 0.939 bits per heavy atom. The van der Waals surface area contributed by atoms with Crippen molar-refractivity contribution in [3.8, 4) is 17.2 Å². The van der Waals surface area contributed by atoms with Gasteiger partial charge in [-0.3, -0.25) is 19.5 Å². The van der Waals surface area contributed by atoms with Gasteiger partial charge in [0.2, 0.25) is 5.91 Å². The van der Waals surface area contributed by atoms with E-state index in [9.17, 15) is 9.59 Å². The van der Waals surface area contributed by atoms with Crippen LogP contribution in [0.25, 0.3) is 0 Å². The van der Waals surface area contributed by atoms with Crippen LogP contribution in [0, 0.1) is 0 Å². The molecule has 1 unspecified atom stereocenters. The van der Waals surface area contributed by atoms with Crippen molar-refractivity contribution < 1.29 is 23.8 Å². The zero-order valence-electron chi connectivity index (χ0n) is 19.2. The third-order valence-electron chi connectivity index (χ3n) is 6.42. The van der Waals surface area contributed by atoms with Gasteiger partial charge in [-0.2, -0.15) is 0 Å². The second-order valence-electron chi connectivity index (χ2n) is 8.36. The van der Waals surface area contributed by atoms with E-state index in [1.54, 1.807) is 42.3 Å². The Bertz CT molecular complexity index is 1050. The molecule has 33 heavy (non-hydrogen) atoms. The Balaban J connectivity index is 1.83. The molecule has 1 fully saturated rings. The third-order valence-corrected chi connectivity index (χ3v) is 6.42. The van der Waals surface area contributed by atoms with E-state index in [2.05, 4.69) is 0 Å². The van der Waals surface area contributed by atoms with Crippen LogP contribution in [0.5, 0.6) is 17.2 Å². The van der Waals surface area contributed by atoms with E-state index >= 15 is 0 Å². The Kier molecular flexibility index (Phi) is 6.26. The largest absolute Gasteiger partial charge is 0.497 e. The van der Waals surface area contributed by atoms with Gasteiger partial charge in [0.15, 0.2) is 0 Å². The molecule has 1 aliphatic carbocycles. The summed E-state index contributed by atoms with van der Waals surface area (Å²) in [6.07, 6.45) is 4.23. The van der Waals surface area contributed by atoms with E-state index in [0.29, 0.717) is 46.9 Å². The summed E-state index contributed by atoms with van der Waals surface area (Å²) in [5.74, 6) is 0.766. The monoisotopic (exact) mass is 451 g/mol. The summed E-state index contributed by atoms with van der Waals surface area (Å²) < 4.78 is 16.0. The van der Waals surface area contributed by atoms with Gasteiger partial charge < -0.3 is 19.9 Å². The predicted molar refractivity (Wildman–Crippen MR) is 124 cm³/mol. The van der Waals surface area contributed by atoms with Crippen LogP contribution < -0.4 is 19.9 Å². The van der Waals surface area contributed by atoms with Crippen LogP contribution in [0.15, 0.2) is 47.5 Å². The molecular weight excluding hydrogens is 422 g/mol. The van der Waals surface area contributed by atoms with Gasteiger partial charge in [-0.05, 0) is 67.6 Å². The summed E-state index contributed by atoms with van der Waals surface area (Å²) in [5.41, 5.74) is 6.65. The van der Waals surface area contributed by atoms with Crippen LogP contribution in [0.2, 0.25) is 0 Å². The van der Waals surface area contributed by atoms with Crippen molar-refractivity contribution in [2.75, 3.05) is 21.3 Å². The van der Waals surface area contributed by atoms with Gasteiger partial charge in [0.1, 0.15) is 34.7 Å². The molecule has 0 radical (unpaired) electrons. The number of hydrogen-bond donors (Lipinski definition) is 1. The number of carbonyl (C=O) groups excluding carboxylic acids is 2. The average molecular weight is 452 g/mol. The van der Waals surface area contributed by atoms with Crippen molar-refractivity contribution in [1.82, 2.24) is 4.90 Å². The summed E-state index contributed by atoms with van der Waals surface area (Å²) in [6, 6.07) is 11.3. The van der Waals surface area contributed by atoms with Crippen LogP contribution in [0.4, 0.5) is 0 Å². The predicted octanol–water partition coefficient (Wildman–Crippen LogP) is 3.23. The summed E-state index contributed by atoms with van der Waals surface area (Å²) >= 11 is 0. The van der Waals surface area contributed by atoms with Crippen molar-refractivity contribution in [2.45, 2.75) is 43.8 Å². The molecule has 1 atom stereocenters. The molecule has 4 rings (SSSR count). The van der Waals surface area contributed by atoms with Gasteiger partial charge in [0.25, 0.3) is 5.91 Å². The molecule has 0 saturated heterocycles. The molecule has 2 aromatic rings. The zero-order valence-corrected chi connectivity index (χ0v) is 19.2. The fraction of sp³-hybridized carbons (Fsp3) is 0.400. The minimum absolute atomic E-state index is 0.312.